The van der Waals surface area contributed by atoms with Gasteiger partial charge in [-0.15, -0.1) is 0 Å². The van der Waals surface area contributed by atoms with Crippen molar-refractivity contribution in [2.24, 2.45) is 5.92 Å². The van der Waals surface area contributed by atoms with Gasteiger partial charge in [-0.05, 0) is 25.0 Å². The maximum Gasteiger partial charge on any atom is 0.163 e. The van der Waals surface area contributed by atoms with Gasteiger partial charge >= 0.3 is 0 Å². The number of ketones is 1. The van der Waals surface area contributed by atoms with E-state index in [9.17, 15) is 4.79 Å². The Hall–Kier alpha value is -1.31. The van der Waals surface area contributed by atoms with Crippen molar-refractivity contribution < 1.29 is 9.53 Å². The molecule has 0 unspecified atom stereocenters. The number of carbonyl (C=O) groups is 1. The van der Waals surface area contributed by atoms with E-state index in [-0.39, 0.29) is 5.78 Å². The fraction of sp³-hybridized carbons (Fsp3) is 0.562. The topological polar surface area (TPSA) is 26.3 Å². The number of allylic oxidation sites excluding steroid dienone is 4. The van der Waals surface area contributed by atoms with E-state index in [0.717, 1.165) is 0 Å². The Bertz CT molecular complexity index is 271. The second-order valence-electron chi connectivity index (χ2n) is 3.35. The first-order chi connectivity index (χ1) is 8.52. The Kier molecular flexibility index (Phi) is 19.1. The fourth-order valence-electron chi connectivity index (χ4n) is 1.06. The van der Waals surface area contributed by atoms with Crippen LogP contribution in [0.3, 0.4) is 0 Å². The van der Waals surface area contributed by atoms with Crippen molar-refractivity contribution in [2.75, 3.05) is 7.11 Å². The van der Waals surface area contributed by atoms with E-state index in [1.807, 2.05) is 47.6 Å². The molecule has 0 aliphatic heterocycles. The lowest BCUT2D eigenvalue weighted by Gasteiger charge is -2.09. The average molecular weight is 254 g/mol. The summed E-state index contributed by atoms with van der Waals surface area (Å²) in [6.07, 6.45) is 5.17. The number of Topliss-reactive ketones (excluding diaryl/α,β-unsaturated/α-hetero) is 1. The van der Waals surface area contributed by atoms with Gasteiger partial charge < -0.3 is 4.74 Å². The summed E-state index contributed by atoms with van der Waals surface area (Å²) in [6, 6.07) is 0. The molecule has 2 nitrogen and oxygen atoms in total. The molecule has 0 heterocycles. The first kappa shape index (κ1) is 21.9. The molecule has 0 aromatic heterocycles. The Morgan fingerprint density at radius 3 is 1.83 bits per heavy atom. The minimum atomic E-state index is -0.0151. The van der Waals surface area contributed by atoms with Crippen LogP contribution in [0.15, 0.2) is 36.1 Å². The normalized spacial score (nSPS) is 10.7. The lowest BCUT2D eigenvalue weighted by molar-refractivity contribution is -0.113. The van der Waals surface area contributed by atoms with Crippen LogP contribution in [0, 0.1) is 5.92 Å². The molecule has 2 heteroatoms. The highest BCUT2D eigenvalue weighted by atomic mass is 16.5. The molecular formula is C16H30O2. The van der Waals surface area contributed by atoms with Gasteiger partial charge in [-0.25, -0.2) is 0 Å². The predicted octanol–water partition coefficient (Wildman–Crippen LogP) is 4.93. The van der Waals surface area contributed by atoms with Gasteiger partial charge in [0.25, 0.3) is 0 Å². The monoisotopic (exact) mass is 254 g/mol. The summed E-state index contributed by atoms with van der Waals surface area (Å²) in [7, 11) is 1.56. The third-order valence-electron chi connectivity index (χ3n) is 1.63. The molecule has 0 aliphatic carbocycles. The van der Waals surface area contributed by atoms with Crippen LogP contribution in [-0.2, 0) is 9.53 Å². The van der Waals surface area contributed by atoms with E-state index < -0.39 is 0 Å². The Morgan fingerprint density at radius 1 is 1.17 bits per heavy atom. The van der Waals surface area contributed by atoms with E-state index in [4.69, 9.17) is 4.74 Å². The number of carbonyl (C=O) groups excluding carboxylic acids is 1. The maximum absolute atomic E-state index is 11.3. The summed E-state index contributed by atoms with van der Waals surface area (Å²) in [5.41, 5.74) is 0.566. The summed E-state index contributed by atoms with van der Waals surface area (Å²) in [5.74, 6) is 0.948. The van der Waals surface area contributed by atoms with Gasteiger partial charge in [0.15, 0.2) is 5.78 Å². The SMILES string of the molecule is C=C/C=C(C(C)=O)\C(=C/C(C)C)OC.CC.CC. The zero-order valence-corrected chi connectivity index (χ0v) is 13.3. The van der Waals surface area contributed by atoms with Crippen molar-refractivity contribution in [2.45, 2.75) is 48.5 Å². The molecule has 0 saturated carbocycles. The van der Waals surface area contributed by atoms with Crippen LogP contribution in [0.5, 0.6) is 0 Å². The van der Waals surface area contributed by atoms with Crippen LogP contribution in [0.4, 0.5) is 0 Å². The van der Waals surface area contributed by atoms with Crippen molar-refractivity contribution >= 4 is 5.78 Å². The zero-order chi connectivity index (χ0) is 15.1. The molecule has 0 N–H and O–H groups in total. The molecule has 0 atom stereocenters. The Balaban J connectivity index is -0.000000506. The van der Waals surface area contributed by atoms with E-state index in [0.29, 0.717) is 17.3 Å². The van der Waals surface area contributed by atoms with Crippen molar-refractivity contribution in [3.8, 4) is 0 Å². The van der Waals surface area contributed by atoms with Crippen molar-refractivity contribution in [3.05, 3.63) is 36.1 Å². The molecule has 0 bridgehead atoms. The smallest absolute Gasteiger partial charge is 0.163 e. The van der Waals surface area contributed by atoms with Crippen LogP contribution < -0.4 is 0 Å². The molecule has 0 aromatic carbocycles. The Labute approximate surface area is 113 Å². The standard InChI is InChI=1S/C12H18O2.2C2H6/c1-6-7-11(10(4)13)12(14-5)8-9(2)3;2*1-2/h6-9H,1H2,2-5H3;2*1-2H3/b11-7-,12-8+;;. The molecule has 0 radical (unpaired) electrons. The minimum absolute atomic E-state index is 0.0151. The molecule has 0 amide bonds. The summed E-state index contributed by atoms with van der Waals surface area (Å²) in [6.45, 7) is 17.1. The fourth-order valence-corrected chi connectivity index (χ4v) is 1.06. The average Bonchev–Trinajstić information content (AvgIpc) is 2.37. The third kappa shape index (κ3) is 11.2. The van der Waals surface area contributed by atoms with Crippen LogP contribution in [0.1, 0.15) is 48.5 Å². The number of hydrogen-bond donors (Lipinski definition) is 0. The van der Waals surface area contributed by atoms with E-state index >= 15 is 0 Å². The summed E-state index contributed by atoms with van der Waals surface area (Å²) in [5, 5.41) is 0. The highest BCUT2D eigenvalue weighted by molar-refractivity contribution is 5.97. The highest BCUT2D eigenvalue weighted by Crippen LogP contribution is 2.14. The molecule has 0 fully saturated rings. The molecule has 0 spiro atoms. The molecule has 106 valence electrons. The van der Waals surface area contributed by atoms with Gasteiger partial charge in [-0.2, -0.15) is 0 Å². The molecule has 18 heavy (non-hydrogen) atoms. The van der Waals surface area contributed by atoms with Crippen LogP contribution in [0.2, 0.25) is 0 Å². The van der Waals surface area contributed by atoms with Crippen molar-refractivity contribution in [1.29, 1.82) is 0 Å². The first-order valence-corrected chi connectivity index (χ1v) is 6.62. The van der Waals surface area contributed by atoms with E-state index in [1.165, 1.54) is 6.92 Å². The summed E-state index contributed by atoms with van der Waals surface area (Å²) < 4.78 is 5.16. The van der Waals surface area contributed by atoms with Gasteiger partial charge in [-0.3, -0.25) is 4.79 Å². The van der Waals surface area contributed by atoms with Gasteiger partial charge in [0, 0.05) is 0 Å². The quantitative estimate of drug-likeness (QED) is 0.395. The van der Waals surface area contributed by atoms with Gasteiger partial charge in [0.1, 0.15) is 5.76 Å². The van der Waals surface area contributed by atoms with E-state index in [1.54, 1.807) is 19.3 Å². The highest BCUT2D eigenvalue weighted by Gasteiger charge is 2.10. The maximum atomic E-state index is 11.3. The third-order valence-corrected chi connectivity index (χ3v) is 1.63. The van der Waals surface area contributed by atoms with Crippen molar-refractivity contribution in [3.63, 3.8) is 0 Å². The molecule has 0 saturated heterocycles. The zero-order valence-electron chi connectivity index (χ0n) is 13.3. The second kappa shape index (κ2) is 15.7. The van der Waals surface area contributed by atoms with Gasteiger partial charge in [0.2, 0.25) is 0 Å². The lowest BCUT2D eigenvalue weighted by Crippen LogP contribution is -2.03. The molecular weight excluding hydrogens is 224 g/mol. The summed E-state index contributed by atoms with van der Waals surface area (Å²) >= 11 is 0. The van der Waals surface area contributed by atoms with E-state index in [2.05, 4.69) is 6.58 Å². The first-order valence-electron chi connectivity index (χ1n) is 6.62. The number of methoxy groups -OCH3 is 1. The van der Waals surface area contributed by atoms with Gasteiger partial charge in [0.05, 0.1) is 12.7 Å². The van der Waals surface area contributed by atoms with Crippen LogP contribution in [0.25, 0.3) is 0 Å². The number of hydrogen-bond acceptors (Lipinski definition) is 2. The summed E-state index contributed by atoms with van der Waals surface area (Å²) in [4.78, 5) is 11.3. The van der Waals surface area contributed by atoms with Crippen LogP contribution >= 0.6 is 0 Å². The second-order valence-corrected chi connectivity index (χ2v) is 3.35. The lowest BCUT2D eigenvalue weighted by atomic mass is 10.1. The number of rotatable bonds is 5. The van der Waals surface area contributed by atoms with Gasteiger partial charge in [-0.1, -0.05) is 54.2 Å². The number of ether oxygens (including phenoxy) is 1. The van der Waals surface area contributed by atoms with Crippen molar-refractivity contribution in [1.82, 2.24) is 0 Å². The molecule has 0 rings (SSSR count). The minimum Gasteiger partial charge on any atom is -0.496 e. The largest absolute Gasteiger partial charge is 0.496 e. The molecule has 0 aromatic rings. The predicted molar refractivity (Wildman–Crippen MR) is 81.6 cm³/mol. The Morgan fingerprint density at radius 2 is 1.61 bits per heavy atom. The molecule has 0 aliphatic rings. The van der Waals surface area contributed by atoms with Crippen LogP contribution in [-0.4, -0.2) is 12.9 Å².